The number of rotatable bonds is 6. The van der Waals surface area contributed by atoms with E-state index in [2.05, 4.69) is 41.8 Å². The molecule has 0 radical (unpaired) electrons. The molecule has 108 valence electrons. The van der Waals surface area contributed by atoms with Gasteiger partial charge in [-0.15, -0.1) is 11.3 Å². The Balaban J connectivity index is 1.94. The molecule has 5 heteroatoms. The van der Waals surface area contributed by atoms with Crippen molar-refractivity contribution in [3.63, 3.8) is 0 Å². The number of benzene rings is 1. The average Bonchev–Trinajstić information content (AvgIpc) is 2.90. The molecule has 0 fully saturated rings. The van der Waals surface area contributed by atoms with Crippen LogP contribution in [0.25, 0.3) is 0 Å². The van der Waals surface area contributed by atoms with Crippen molar-refractivity contribution in [2.75, 3.05) is 20.6 Å². The lowest BCUT2D eigenvalue weighted by atomic mass is 10.2. The molecule has 0 bridgehead atoms. The highest BCUT2D eigenvalue weighted by Gasteiger charge is 2.14. The fourth-order valence-corrected chi connectivity index (χ4v) is 3.11. The molecule has 2 nitrogen and oxygen atoms in total. The summed E-state index contributed by atoms with van der Waals surface area (Å²) in [5.74, 6) is -0.262. The number of nitrogens with one attached hydrogen (secondary N) is 1. The number of hydrogen-bond acceptors (Lipinski definition) is 3. The Morgan fingerprint density at radius 2 is 2.15 bits per heavy atom. The van der Waals surface area contributed by atoms with E-state index in [0.29, 0.717) is 23.2 Å². The summed E-state index contributed by atoms with van der Waals surface area (Å²) in [6.45, 7) is 1.27. The van der Waals surface area contributed by atoms with E-state index in [9.17, 15) is 4.39 Å². The van der Waals surface area contributed by atoms with Crippen LogP contribution >= 0.6 is 22.9 Å². The number of thiophene rings is 1. The first-order valence-corrected chi connectivity index (χ1v) is 7.68. The molecule has 0 aliphatic rings. The van der Waals surface area contributed by atoms with Crippen LogP contribution in [0.4, 0.5) is 4.39 Å². The van der Waals surface area contributed by atoms with Crippen molar-refractivity contribution in [2.24, 2.45) is 0 Å². The molecule has 1 atom stereocenters. The van der Waals surface area contributed by atoms with Gasteiger partial charge in [0.2, 0.25) is 0 Å². The molecule has 20 heavy (non-hydrogen) atoms. The van der Waals surface area contributed by atoms with Gasteiger partial charge in [0.15, 0.2) is 0 Å². The van der Waals surface area contributed by atoms with Crippen LogP contribution in [-0.2, 0) is 6.54 Å². The minimum absolute atomic E-state index is 0.262. The first-order valence-electron chi connectivity index (χ1n) is 6.42. The van der Waals surface area contributed by atoms with Crippen LogP contribution < -0.4 is 5.32 Å². The second kappa shape index (κ2) is 7.18. The van der Waals surface area contributed by atoms with Crippen molar-refractivity contribution in [2.45, 2.75) is 12.6 Å². The zero-order chi connectivity index (χ0) is 14.5. The van der Waals surface area contributed by atoms with Gasteiger partial charge in [0.05, 0.1) is 6.04 Å². The third-order valence-electron chi connectivity index (χ3n) is 3.16. The highest BCUT2D eigenvalue weighted by atomic mass is 35.5. The lowest BCUT2D eigenvalue weighted by Gasteiger charge is -2.23. The molecule has 1 heterocycles. The van der Waals surface area contributed by atoms with Crippen LogP contribution in [-0.4, -0.2) is 25.5 Å². The summed E-state index contributed by atoms with van der Waals surface area (Å²) < 4.78 is 13.7. The van der Waals surface area contributed by atoms with Gasteiger partial charge in [0.1, 0.15) is 5.82 Å². The zero-order valence-electron chi connectivity index (χ0n) is 11.6. The largest absolute Gasteiger partial charge is 0.311 e. The summed E-state index contributed by atoms with van der Waals surface area (Å²) in [5, 5.41) is 5.81. The van der Waals surface area contributed by atoms with Crippen molar-refractivity contribution >= 4 is 22.9 Å². The highest BCUT2D eigenvalue weighted by molar-refractivity contribution is 7.10. The smallest absolute Gasteiger partial charge is 0.129 e. The summed E-state index contributed by atoms with van der Waals surface area (Å²) in [4.78, 5) is 3.47. The fraction of sp³-hybridized carbons (Fsp3) is 0.333. The van der Waals surface area contributed by atoms with Crippen molar-refractivity contribution in [3.8, 4) is 0 Å². The van der Waals surface area contributed by atoms with Gasteiger partial charge < -0.3 is 10.2 Å². The standard InChI is InChI=1S/C15H18ClFN2S/c1-19(2)14(15-4-3-7-20-15)10-18-9-11-5-6-12(16)8-13(11)17/h3-8,14,18H,9-10H2,1-2H3. The normalized spacial score (nSPS) is 12.8. The SMILES string of the molecule is CN(C)C(CNCc1ccc(Cl)cc1F)c1cccs1. The molecule has 1 aromatic heterocycles. The van der Waals surface area contributed by atoms with Gasteiger partial charge in [-0.3, -0.25) is 0 Å². The Labute approximate surface area is 128 Å². The quantitative estimate of drug-likeness (QED) is 0.869. The van der Waals surface area contributed by atoms with Gasteiger partial charge in [-0.2, -0.15) is 0 Å². The molecule has 0 saturated heterocycles. The van der Waals surface area contributed by atoms with Crippen LogP contribution in [0.2, 0.25) is 5.02 Å². The fourth-order valence-electron chi connectivity index (χ4n) is 2.03. The lowest BCUT2D eigenvalue weighted by molar-refractivity contribution is 0.292. The summed E-state index contributed by atoms with van der Waals surface area (Å²) in [6.07, 6.45) is 0. The molecule has 0 spiro atoms. The number of nitrogens with zero attached hydrogens (tertiary/aromatic N) is 1. The van der Waals surface area contributed by atoms with Crippen molar-refractivity contribution < 1.29 is 4.39 Å². The third-order valence-corrected chi connectivity index (χ3v) is 4.37. The predicted molar refractivity (Wildman–Crippen MR) is 83.9 cm³/mol. The average molecular weight is 313 g/mol. The maximum atomic E-state index is 13.7. The lowest BCUT2D eigenvalue weighted by Crippen LogP contribution is -2.30. The van der Waals surface area contributed by atoms with Gasteiger partial charge in [-0.25, -0.2) is 4.39 Å². The number of halogens is 2. The molecule has 0 aliphatic carbocycles. The van der Waals surface area contributed by atoms with Gasteiger partial charge in [-0.1, -0.05) is 23.7 Å². The van der Waals surface area contributed by atoms with E-state index in [0.717, 1.165) is 6.54 Å². The second-order valence-electron chi connectivity index (χ2n) is 4.86. The van der Waals surface area contributed by atoms with Crippen LogP contribution in [0.5, 0.6) is 0 Å². The van der Waals surface area contributed by atoms with Gasteiger partial charge in [0, 0.05) is 28.6 Å². The number of hydrogen-bond donors (Lipinski definition) is 1. The van der Waals surface area contributed by atoms with E-state index in [1.165, 1.54) is 10.9 Å². The van der Waals surface area contributed by atoms with E-state index in [1.807, 2.05) is 0 Å². The Morgan fingerprint density at radius 1 is 1.35 bits per heavy atom. The molecule has 2 rings (SSSR count). The molecule has 0 saturated carbocycles. The van der Waals surface area contributed by atoms with E-state index in [1.54, 1.807) is 23.5 Å². The highest BCUT2D eigenvalue weighted by Crippen LogP contribution is 2.22. The van der Waals surface area contributed by atoms with E-state index >= 15 is 0 Å². The van der Waals surface area contributed by atoms with Crippen LogP contribution in [0.15, 0.2) is 35.7 Å². The second-order valence-corrected chi connectivity index (χ2v) is 6.28. The van der Waals surface area contributed by atoms with Crippen LogP contribution in [0.1, 0.15) is 16.5 Å². The molecular formula is C15H18ClFN2S. The van der Waals surface area contributed by atoms with E-state index in [4.69, 9.17) is 11.6 Å². The van der Waals surface area contributed by atoms with Crippen molar-refractivity contribution in [3.05, 3.63) is 57.0 Å². The van der Waals surface area contributed by atoms with Crippen molar-refractivity contribution in [1.82, 2.24) is 10.2 Å². The summed E-state index contributed by atoms with van der Waals surface area (Å²) >= 11 is 7.48. The minimum atomic E-state index is -0.262. The third kappa shape index (κ3) is 4.03. The van der Waals surface area contributed by atoms with E-state index < -0.39 is 0 Å². The Morgan fingerprint density at radius 3 is 2.75 bits per heavy atom. The topological polar surface area (TPSA) is 15.3 Å². The maximum Gasteiger partial charge on any atom is 0.129 e. The van der Waals surface area contributed by atoms with Gasteiger partial charge >= 0.3 is 0 Å². The molecule has 0 amide bonds. The Hall–Kier alpha value is -0.940. The maximum absolute atomic E-state index is 13.7. The summed E-state index contributed by atoms with van der Waals surface area (Å²) in [6, 6.07) is 9.26. The zero-order valence-corrected chi connectivity index (χ0v) is 13.1. The minimum Gasteiger partial charge on any atom is -0.311 e. The molecule has 0 aliphatic heterocycles. The first-order chi connectivity index (χ1) is 9.58. The molecule has 2 aromatic rings. The monoisotopic (exact) mass is 312 g/mol. The van der Waals surface area contributed by atoms with Crippen LogP contribution in [0, 0.1) is 5.82 Å². The van der Waals surface area contributed by atoms with Gasteiger partial charge in [-0.05, 0) is 37.7 Å². The predicted octanol–water partition coefficient (Wildman–Crippen LogP) is 3.93. The first kappa shape index (κ1) is 15.4. The summed E-state index contributed by atoms with van der Waals surface area (Å²) in [7, 11) is 4.10. The van der Waals surface area contributed by atoms with E-state index in [-0.39, 0.29) is 5.82 Å². The van der Waals surface area contributed by atoms with Crippen LogP contribution in [0.3, 0.4) is 0 Å². The summed E-state index contributed by atoms with van der Waals surface area (Å²) in [5.41, 5.74) is 0.637. The van der Waals surface area contributed by atoms with Crippen molar-refractivity contribution in [1.29, 1.82) is 0 Å². The molecular weight excluding hydrogens is 295 g/mol. The molecule has 1 unspecified atom stereocenters. The molecule has 1 aromatic carbocycles. The molecule has 1 N–H and O–H groups in total. The Kier molecular flexibility index (Phi) is 5.54. The van der Waals surface area contributed by atoms with Gasteiger partial charge in [0.25, 0.3) is 0 Å². The number of likely N-dealkylation sites (N-methyl/N-ethyl adjacent to an activating group) is 1. The Bertz CT molecular complexity index is 543.